The van der Waals surface area contributed by atoms with Crippen LogP contribution in [0.2, 0.25) is 0 Å². The van der Waals surface area contributed by atoms with Gasteiger partial charge in [0.2, 0.25) is 0 Å². The van der Waals surface area contributed by atoms with Gasteiger partial charge in [0.1, 0.15) is 11.3 Å². The summed E-state index contributed by atoms with van der Waals surface area (Å²) in [5.74, 6) is 1.18. The molecule has 2 aromatic heterocycles. The lowest BCUT2D eigenvalue weighted by atomic mass is 10.0. The van der Waals surface area contributed by atoms with Gasteiger partial charge in [-0.3, -0.25) is 4.90 Å². The highest BCUT2D eigenvalue weighted by molar-refractivity contribution is 5.71. The fourth-order valence-electron chi connectivity index (χ4n) is 3.67. The first-order valence-electron chi connectivity index (χ1n) is 7.95. The molecule has 2 fully saturated rings. The van der Waals surface area contributed by atoms with E-state index in [1.165, 1.54) is 25.1 Å². The summed E-state index contributed by atoms with van der Waals surface area (Å²) in [6.45, 7) is 2.78. The molecule has 4 rings (SSSR count). The number of piperidine rings is 1. The summed E-state index contributed by atoms with van der Waals surface area (Å²) in [7, 11) is 2.21. The lowest BCUT2D eigenvalue weighted by Gasteiger charge is -2.33. The van der Waals surface area contributed by atoms with Crippen LogP contribution in [0.4, 0.5) is 0 Å². The summed E-state index contributed by atoms with van der Waals surface area (Å²) in [6.07, 6.45) is 6.69. The molecule has 2 aliphatic heterocycles. The van der Waals surface area contributed by atoms with Gasteiger partial charge < -0.3 is 9.30 Å². The summed E-state index contributed by atoms with van der Waals surface area (Å²) in [5.41, 5.74) is 2.03. The van der Waals surface area contributed by atoms with E-state index in [1.54, 1.807) is 0 Å². The highest BCUT2D eigenvalue weighted by atomic mass is 16.5. The summed E-state index contributed by atoms with van der Waals surface area (Å²) < 4.78 is 7.96. The van der Waals surface area contributed by atoms with E-state index in [1.807, 2.05) is 12.3 Å². The molecule has 2 aromatic rings. The quantitative estimate of drug-likeness (QED) is 0.851. The third-order valence-corrected chi connectivity index (χ3v) is 4.82. The number of nitrogens with zero attached hydrogens (tertiary/aromatic N) is 4. The second kappa shape index (κ2) is 5.39. The van der Waals surface area contributed by atoms with Crippen LogP contribution in [-0.2, 0) is 4.74 Å². The largest absolute Gasteiger partial charge is 0.379 e. The zero-order valence-electron chi connectivity index (χ0n) is 12.5. The molecule has 0 bridgehead atoms. The maximum atomic E-state index is 5.61. The Labute approximate surface area is 124 Å². The van der Waals surface area contributed by atoms with Gasteiger partial charge in [0.15, 0.2) is 5.65 Å². The van der Waals surface area contributed by atoms with Gasteiger partial charge in [0.25, 0.3) is 0 Å². The number of hydrogen-bond donors (Lipinski definition) is 0. The lowest BCUT2D eigenvalue weighted by molar-refractivity contribution is 0.166. The Morgan fingerprint density at radius 1 is 1.29 bits per heavy atom. The number of pyridine rings is 1. The summed E-state index contributed by atoms with van der Waals surface area (Å²) in [4.78, 5) is 12.0. The zero-order chi connectivity index (χ0) is 14.2. The molecule has 112 valence electrons. The first-order valence-corrected chi connectivity index (χ1v) is 7.95. The molecule has 21 heavy (non-hydrogen) atoms. The Bertz CT molecular complexity index is 632. The van der Waals surface area contributed by atoms with E-state index in [0.29, 0.717) is 12.1 Å². The zero-order valence-corrected chi connectivity index (χ0v) is 12.5. The molecule has 0 aromatic carbocycles. The van der Waals surface area contributed by atoms with Gasteiger partial charge in [-0.15, -0.1) is 0 Å². The fourth-order valence-corrected chi connectivity index (χ4v) is 3.67. The number of aromatic nitrogens is 3. The molecule has 0 saturated carbocycles. The standard InChI is InChI=1S/C16H22N4O/c1-19-9-3-2-6-14(19)16-18-13-5-4-8-17-15(13)20(16)12-7-10-21-11-12/h4-5,8,12,14H,2-3,6-7,9-11H2,1H3. The summed E-state index contributed by atoms with van der Waals surface area (Å²) in [6, 6.07) is 4.84. The Balaban J connectivity index is 1.84. The average Bonchev–Trinajstić information content (AvgIpc) is 3.14. The van der Waals surface area contributed by atoms with Crippen LogP contribution in [0.5, 0.6) is 0 Å². The van der Waals surface area contributed by atoms with Crippen LogP contribution in [0.3, 0.4) is 0 Å². The van der Waals surface area contributed by atoms with Gasteiger partial charge in [0.05, 0.1) is 18.7 Å². The number of likely N-dealkylation sites (tertiary alicyclic amines) is 1. The number of ether oxygens (including phenoxy) is 1. The molecular formula is C16H22N4O. The van der Waals surface area contributed by atoms with Gasteiger partial charge in [-0.05, 0) is 45.0 Å². The normalized spacial score (nSPS) is 27.5. The van der Waals surface area contributed by atoms with Crippen molar-refractivity contribution in [2.24, 2.45) is 0 Å². The lowest BCUT2D eigenvalue weighted by Crippen LogP contribution is -2.32. The van der Waals surface area contributed by atoms with Gasteiger partial charge in [-0.1, -0.05) is 6.42 Å². The Hall–Kier alpha value is -1.46. The molecule has 5 heteroatoms. The van der Waals surface area contributed by atoms with Crippen molar-refractivity contribution >= 4 is 11.2 Å². The molecule has 5 nitrogen and oxygen atoms in total. The van der Waals surface area contributed by atoms with Crippen molar-refractivity contribution in [2.45, 2.75) is 37.8 Å². The van der Waals surface area contributed by atoms with Crippen molar-refractivity contribution in [3.8, 4) is 0 Å². The first kappa shape index (κ1) is 13.2. The van der Waals surface area contributed by atoms with Crippen molar-refractivity contribution in [3.63, 3.8) is 0 Å². The van der Waals surface area contributed by atoms with E-state index in [-0.39, 0.29) is 0 Å². The minimum absolute atomic E-state index is 0.384. The molecule has 2 aliphatic rings. The van der Waals surface area contributed by atoms with Crippen molar-refractivity contribution in [1.82, 2.24) is 19.4 Å². The third kappa shape index (κ3) is 2.24. The second-order valence-corrected chi connectivity index (χ2v) is 6.20. The van der Waals surface area contributed by atoms with Crippen molar-refractivity contribution < 1.29 is 4.74 Å². The van der Waals surface area contributed by atoms with E-state index in [2.05, 4.69) is 27.6 Å². The Kier molecular flexibility index (Phi) is 3.39. The smallest absolute Gasteiger partial charge is 0.160 e. The molecule has 0 radical (unpaired) electrons. The van der Waals surface area contributed by atoms with Crippen LogP contribution in [0, 0.1) is 0 Å². The molecule has 2 atom stereocenters. The van der Waals surface area contributed by atoms with E-state index in [4.69, 9.17) is 9.72 Å². The van der Waals surface area contributed by atoms with Crippen molar-refractivity contribution in [3.05, 3.63) is 24.2 Å². The van der Waals surface area contributed by atoms with E-state index >= 15 is 0 Å². The van der Waals surface area contributed by atoms with E-state index in [0.717, 1.165) is 37.3 Å². The molecule has 0 aliphatic carbocycles. The third-order valence-electron chi connectivity index (χ3n) is 4.82. The fraction of sp³-hybridized carbons (Fsp3) is 0.625. The molecule has 0 spiro atoms. The van der Waals surface area contributed by atoms with Crippen LogP contribution in [0.15, 0.2) is 18.3 Å². The number of rotatable bonds is 2. The Morgan fingerprint density at radius 3 is 3.05 bits per heavy atom. The van der Waals surface area contributed by atoms with Gasteiger partial charge >= 0.3 is 0 Å². The van der Waals surface area contributed by atoms with Crippen LogP contribution in [0.1, 0.15) is 43.6 Å². The number of fused-ring (bicyclic) bond motifs is 1. The number of hydrogen-bond acceptors (Lipinski definition) is 4. The monoisotopic (exact) mass is 286 g/mol. The van der Waals surface area contributed by atoms with Crippen LogP contribution in [0.25, 0.3) is 11.2 Å². The predicted octanol–water partition coefficient (Wildman–Crippen LogP) is 2.55. The van der Waals surface area contributed by atoms with Gasteiger partial charge in [-0.25, -0.2) is 9.97 Å². The molecule has 4 heterocycles. The predicted molar refractivity (Wildman–Crippen MR) is 81.2 cm³/mol. The topological polar surface area (TPSA) is 43.2 Å². The van der Waals surface area contributed by atoms with Crippen molar-refractivity contribution in [1.29, 1.82) is 0 Å². The minimum Gasteiger partial charge on any atom is -0.379 e. The van der Waals surface area contributed by atoms with Gasteiger partial charge in [0, 0.05) is 12.8 Å². The molecule has 0 amide bonds. The van der Waals surface area contributed by atoms with Crippen LogP contribution < -0.4 is 0 Å². The van der Waals surface area contributed by atoms with Crippen molar-refractivity contribution in [2.75, 3.05) is 26.8 Å². The van der Waals surface area contributed by atoms with E-state index < -0.39 is 0 Å². The Morgan fingerprint density at radius 2 is 2.24 bits per heavy atom. The summed E-state index contributed by atoms with van der Waals surface area (Å²) in [5, 5.41) is 0. The second-order valence-electron chi connectivity index (χ2n) is 6.20. The molecule has 2 unspecified atom stereocenters. The van der Waals surface area contributed by atoms with E-state index in [9.17, 15) is 0 Å². The first-order chi connectivity index (χ1) is 10.3. The maximum absolute atomic E-state index is 5.61. The minimum atomic E-state index is 0.384. The number of imidazole rings is 1. The van der Waals surface area contributed by atoms with Gasteiger partial charge in [-0.2, -0.15) is 0 Å². The maximum Gasteiger partial charge on any atom is 0.160 e. The molecule has 2 saturated heterocycles. The van der Waals surface area contributed by atoms with Crippen LogP contribution >= 0.6 is 0 Å². The highest BCUT2D eigenvalue weighted by Gasteiger charge is 2.30. The summed E-state index contributed by atoms with van der Waals surface area (Å²) >= 11 is 0. The average molecular weight is 286 g/mol. The molecule has 0 N–H and O–H groups in total. The van der Waals surface area contributed by atoms with Crippen LogP contribution in [-0.4, -0.2) is 46.2 Å². The highest BCUT2D eigenvalue weighted by Crippen LogP contribution is 2.34. The molecular weight excluding hydrogens is 264 g/mol. The SMILES string of the molecule is CN1CCCCC1c1nc2cccnc2n1C1CCOC1.